The zero-order valence-electron chi connectivity index (χ0n) is 12.6. The zero-order valence-corrected chi connectivity index (χ0v) is 12.6. The predicted molar refractivity (Wildman–Crippen MR) is 79.7 cm³/mol. The minimum Gasteiger partial charge on any atom is -0.492 e. The second-order valence-electron chi connectivity index (χ2n) is 5.34. The molecule has 1 aromatic carbocycles. The Hall–Kier alpha value is -1.06. The van der Waals surface area contributed by atoms with Crippen LogP contribution in [0.1, 0.15) is 39.2 Å². The van der Waals surface area contributed by atoms with Crippen molar-refractivity contribution in [3.63, 3.8) is 0 Å². The van der Waals surface area contributed by atoms with Gasteiger partial charge in [-0.05, 0) is 38.8 Å². The summed E-state index contributed by atoms with van der Waals surface area (Å²) >= 11 is 0. The average molecular weight is 265 g/mol. The van der Waals surface area contributed by atoms with Crippen molar-refractivity contribution in [1.82, 2.24) is 5.32 Å². The Morgan fingerprint density at radius 2 is 1.79 bits per heavy atom. The molecule has 3 heteroatoms. The van der Waals surface area contributed by atoms with Crippen LogP contribution >= 0.6 is 0 Å². The first-order valence-electron chi connectivity index (χ1n) is 7.14. The molecule has 0 aliphatic heterocycles. The molecule has 1 aromatic rings. The molecule has 3 nitrogen and oxygen atoms in total. The summed E-state index contributed by atoms with van der Waals surface area (Å²) in [4.78, 5) is 0. The molecule has 0 aliphatic carbocycles. The zero-order chi connectivity index (χ0) is 14.3. The van der Waals surface area contributed by atoms with Crippen LogP contribution in [-0.2, 0) is 0 Å². The summed E-state index contributed by atoms with van der Waals surface area (Å²) in [5.41, 5.74) is 0.632. The minimum absolute atomic E-state index is 0.214. The molecule has 0 heterocycles. The summed E-state index contributed by atoms with van der Waals surface area (Å²) in [5.74, 6) is 0.889. The Labute approximate surface area is 117 Å². The molecule has 0 radical (unpaired) electrons. The van der Waals surface area contributed by atoms with Crippen molar-refractivity contribution in [3.8, 4) is 5.75 Å². The van der Waals surface area contributed by atoms with Gasteiger partial charge < -0.3 is 15.2 Å². The van der Waals surface area contributed by atoms with E-state index in [0.717, 1.165) is 18.6 Å². The van der Waals surface area contributed by atoms with E-state index in [1.165, 1.54) is 5.56 Å². The van der Waals surface area contributed by atoms with Crippen LogP contribution in [0, 0.1) is 6.92 Å². The highest BCUT2D eigenvalue weighted by molar-refractivity contribution is 5.26. The SMILES string of the molecule is CCC(O)(CC)CNC(C)COc1ccc(C)cc1. The lowest BCUT2D eigenvalue weighted by Gasteiger charge is -2.27. The maximum Gasteiger partial charge on any atom is 0.119 e. The Kier molecular flexibility index (Phi) is 6.32. The Bertz CT molecular complexity index is 358. The molecule has 1 atom stereocenters. The number of nitrogens with one attached hydrogen (secondary N) is 1. The molecule has 1 rings (SSSR count). The Morgan fingerprint density at radius 3 is 2.32 bits per heavy atom. The third-order valence-electron chi connectivity index (χ3n) is 3.62. The molecule has 2 N–H and O–H groups in total. The quantitative estimate of drug-likeness (QED) is 0.759. The first-order valence-corrected chi connectivity index (χ1v) is 7.14. The van der Waals surface area contributed by atoms with Crippen molar-refractivity contribution in [3.05, 3.63) is 29.8 Å². The van der Waals surface area contributed by atoms with E-state index in [4.69, 9.17) is 4.74 Å². The minimum atomic E-state index is -0.599. The fourth-order valence-electron chi connectivity index (χ4n) is 1.78. The average Bonchev–Trinajstić information content (AvgIpc) is 2.44. The van der Waals surface area contributed by atoms with Gasteiger partial charge in [0.15, 0.2) is 0 Å². The number of benzene rings is 1. The van der Waals surface area contributed by atoms with Gasteiger partial charge in [0.25, 0.3) is 0 Å². The lowest BCUT2D eigenvalue weighted by Crippen LogP contribution is -2.44. The number of rotatable bonds is 8. The Morgan fingerprint density at radius 1 is 1.21 bits per heavy atom. The molecule has 0 aliphatic rings. The number of aliphatic hydroxyl groups is 1. The Balaban J connectivity index is 2.31. The molecule has 0 spiro atoms. The summed E-state index contributed by atoms with van der Waals surface area (Å²) in [6, 6.07) is 8.26. The summed E-state index contributed by atoms with van der Waals surface area (Å²) in [6.45, 7) is 9.37. The van der Waals surface area contributed by atoms with Gasteiger partial charge in [-0.2, -0.15) is 0 Å². The third-order valence-corrected chi connectivity index (χ3v) is 3.62. The fraction of sp³-hybridized carbons (Fsp3) is 0.625. The highest BCUT2D eigenvalue weighted by atomic mass is 16.5. The largest absolute Gasteiger partial charge is 0.492 e. The molecular formula is C16H27NO2. The van der Waals surface area contributed by atoms with Crippen LogP contribution in [0.25, 0.3) is 0 Å². The maximum atomic E-state index is 10.2. The van der Waals surface area contributed by atoms with Gasteiger partial charge in [0.2, 0.25) is 0 Å². The summed E-state index contributed by atoms with van der Waals surface area (Å²) in [5, 5.41) is 13.5. The number of hydrogen-bond acceptors (Lipinski definition) is 3. The van der Waals surface area contributed by atoms with E-state index >= 15 is 0 Å². The molecule has 0 saturated carbocycles. The summed E-state index contributed by atoms with van der Waals surface area (Å²) in [6.07, 6.45) is 1.53. The number of hydrogen-bond donors (Lipinski definition) is 2. The standard InChI is InChI=1S/C16H27NO2/c1-5-16(18,6-2)12-17-14(4)11-19-15-9-7-13(3)8-10-15/h7-10,14,17-18H,5-6,11-12H2,1-4H3. The molecular weight excluding hydrogens is 238 g/mol. The maximum absolute atomic E-state index is 10.2. The van der Waals surface area contributed by atoms with Crippen molar-refractivity contribution in [1.29, 1.82) is 0 Å². The molecule has 19 heavy (non-hydrogen) atoms. The summed E-state index contributed by atoms with van der Waals surface area (Å²) in [7, 11) is 0. The third kappa shape index (κ3) is 5.62. The van der Waals surface area contributed by atoms with E-state index in [1.807, 2.05) is 38.1 Å². The lowest BCUT2D eigenvalue weighted by atomic mass is 9.97. The molecule has 0 bridgehead atoms. The van der Waals surface area contributed by atoms with Crippen molar-refractivity contribution in [2.75, 3.05) is 13.2 Å². The van der Waals surface area contributed by atoms with Gasteiger partial charge in [-0.3, -0.25) is 0 Å². The van der Waals surface area contributed by atoms with Crippen LogP contribution in [0.15, 0.2) is 24.3 Å². The van der Waals surface area contributed by atoms with Gasteiger partial charge in [0.05, 0.1) is 5.60 Å². The number of ether oxygens (including phenoxy) is 1. The van der Waals surface area contributed by atoms with E-state index < -0.39 is 5.60 Å². The molecule has 0 saturated heterocycles. The second-order valence-corrected chi connectivity index (χ2v) is 5.34. The summed E-state index contributed by atoms with van der Waals surface area (Å²) < 4.78 is 5.71. The fourth-order valence-corrected chi connectivity index (χ4v) is 1.78. The molecule has 0 amide bonds. The van der Waals surface area contributed by atoms with E-state index in [-0.39, 0.29) is 6.04 Å². The van der Waals surface area contributed by atoms with Crippen LogP contribution in [0.4, 0.5) is 0 Å². The molecule has 108 valence electrons. The van der Waals surface area contributed by atoms with Gasteiger partial charge in [-0.25, -0.2) is 0 Å². The first-order chi connectivity index (χ1) is 8.99. The highest BCUT2D eigenvalue weighted by Gasteiger charge is 2.22. The van der Waals surface area contributed by atoms with Crippen molar-refractivity contribution in [2.24, 2.45) is 0 Å². The highest BCUT2D eigenvalue weighted by Crippen LogP contribution is 2.14. The first kappa shape index (κ1) is 16.0. The van der Waals surface area contributed by atoms with E-state index in [9.17, 15) is 5.11 Å². The van der Waals surface area contributed by atoms with E-state index in [2.05, 4.69) is 19.2 Å². The smallest absolute Gasteiger partial charge is 0.119 e. The topological polar surface area (TPSA) is 41.5 Å². The number of aryl methyl sites for hydroxylation is 1. The predicted octanol–water partition coefficient (Wildman–Crippen LogP) is 2.90. The molecule has 0 fully saturated rings. The van der Waals surface area contributed by atoms with Gasteiger partial charge in [0, 0.05) is 12.6 Å². The van der Waals surface area contributed by atoms with E-state index in [0.29, 0.717) is 13.2 Å². The van der Waals surface area contributed by atoms with Crippen molar-refractivity contribution >= 4 is 0 Å². The lowest BCUT2D eigenvalue weighted by molar-refractivity contribution is 0.0289. The second kappa shape index (κ2) is 7.51. The van der Waals surface area contributed by atoms with Gasteiger partial charge in [0.1, 0.15) is 12.4 Å². The van der Waals surface area contributed by atoms with E-state index in [1.54, 1.807) is 0 Å². The van der Waals surface area contributed by atoms with Crippen molar-refractivity contribution < 1.29 is 9.84 Å². The van der Waals surface area contributed by atoms with Crippen LogP contribution in [0.5, 0.6) is 5.75 Å². The van der Waals surface area contributed by atoms with Crippen LogP contribution in [-0.4, -0.2) is 29.9 Å². The molecule has 0 aromatic heterocycles. The van der Waals surface area contributed by atoms with Crippen LogP contribution < -0.4 is 10.1 Å². The van der Waals surface area contributed by atoms with Gasteiger partial charge >= 0.3 is 0 Å². The van der Waals surface area contributed by atoms with Crippen molar-refractivity contribution in [2.45, 2.75) is 52.2 Å². The van der Waals surface area contributed by atoms with Crippen LogP contribution in [0.2, 0.25) is 0 Å². The normalized spacial score (nSPS) is 13.3. The van der Waals surface area contributed by atoms with Crippen LogP contribution in [0.3, 0.4) is 0 Å². The van der Waals surface area contributed by atoms with Gasteiger partial charge in [-0.15, -0.1) is 0 Å². The monoisotopic (exact) mass is 265 g/mol. The van der Waals surface area contributed by atoms with Gasteiger partial charge in [-0.1, -0.05) is 31.5 Å². The molecule has 1 unspecified atom stereocenters.